The third-order valence-electron chi connectivity index (χ3n) is 2.79. The smallest absolute Gasteiger partial charge is 0.274 e. The van der Waals surface area contributed by atoms with E-state index in [4.69, 9.17) is 0 Å². The van der Waals surface area contributed by atoms with Crippen molar-refractivity contribution < 1.29 is 4.79 Å². The molecule has 1 aliphatic rings. The van der Waals surface area contributed by atoms with Crippen molar-refractivity contribution in [1.82, 2.24) is 4.57 Å². The Morgan fingerprint density at radius 3 is 2.76 bits per heavy atom. The van der Waals surface area contributed by atoms with Crippen LogP contribution in [0.25, 0.3) is 0 Å². The van der Waals surface area contributed by atoms with Crippen LogP contribution in [0.4, 0.5) is 5.69 Å². The quantitative estimate of drug-likeness (QED) is 0.849. The molecule has 1 aliphatic carbocycles. The lowest BCUT2D eigenvalue weighted by Gasteiger charge is -2.11. The van der Waals surface area contributed by atoms with Crippen molar-refractivity contribution >= 4 is 27.5 Å². The van der Waals surface area contributed by atoms with Gasteiger partial charge in [-0.2, -0.15) is 0 Å². The third-order valence-corrected chi connectivity index (χ3v) is 3.22. The second-order valence-corrected chi connectivity index (χ2v) is 5.03. The first-order chi connectivity index (χ1) is 8.08. The molecule has 0 saturated carbocycles. The van der Waals surface area contributed by atoms with E-state index < -0.39 is 0 Å². The van der Waals surface area contributed by atoms with E-state index in [1.165, 1.54) is 4.57 Å². The monoisotopic (exact) mass is 296 g/mol. The van der Waals surface area contributed by atoms with Crippen LogP contribution in [0.15, 0.2) is 33.7 Å². The van der Waals surface area contributed by atoms with Crippen LogP contribution in [0.2, 0.25) is 0 Å². The maximum absolute atomic E-state index is 11.9. The molecule has 0 radical (unpaired) electrons. The van der Waals surface area contributed by atoms with Gasteiger partial charge in [0.1, 0.15) is 5.69 Å². The van der Waals surface area contributed by atoms with Crippen LogP contribution in [-0.4, -0.2) is 10.5 Å². The summed E-state index contributed by atoms with van der Waals surface area (Å²) < 4.78 is 2.20. The fourth-order valence-corrected chi connectivity index (χ4v) is 2.36. The number of rotatable bonds is 2. The molecule has 1 aromatic heterocycles. The second kappa shape index (κ2) is 4.87. The first-order valence-electron chi connectivity index (χ1n) is 5.40. The number of halogens is 1. The van der Waals surface area contributed by atoms with Crippen molar-refractivity contribution in [2.45, 2.75) is 12.8 Å². The summed E-state index contributed by atoms with van der Waals surface area (Å²) in [6.45, 7) is 0. The Hall–Kier alpha value is -1.36. The molecule has 0 aromatic carbocycles. The Kier molecular flexibility index (Phi) is 3.47. The van der Waals surface area contributed by atoms with Crippen LogP contribution in [0, 0.1) is 5.92 Å². The number of aryl methyl sites for hydroxylation is 1. The molecule has 5 heteroatoms. The first kappa shape index (κ1) is 12.1. The summed E-state index contributed by atoms with van der Waals surface area (Å²) in [5, 5.41) is 2.69. The third kappa shape index (κ3) is 2.66. The fourth-order valence-electron chi connectivity index (χ4n) is 1.83. The minimum Gasteiger partial charge on any atom is -0.321 e. The number of aromatic nitrogens is 1. The van der Waals surface area contributed by atoms with E-state index in [1.54, 1.807) is 19.3 Å². The summed E-state index contributed by atoms with van der Waals surface area (Å²) in [7, 11) is 1.65. The molecular weight excluding hydrogens is 284 g/mol. The zero-order valence-corrected chi connectivity index (χ0v) is 11.0. The Bertz CT molecular complexity index is 526. The molecule has 0 unspecified atom stereocenters. The van der Waals surface area contributed by atoms with E-state index in [9.17, 15) is 9.59 Å². The number of carbonyl (C=O) groups excluding carboxylic acids is 1. The fraction of sp³-hybridized carbons (Fsp3) is 0.333. The largest absolute Gasteiger partial charge is 0.321 e. The van der Waals surface area contributed by atoms with Crippen molar-refractivity contribution in [3.05, 3.63) is 39.2 Å². The van der Waals surface area contributed by atoms with Gasteiger partial charge in [-0.1, -0.05) is 12.2 Å². The van der Waals surface area contributed by atoms with E-state index >= 15 is 0 Å². The Balaban J connectivity index is 2.18. The van der Waals surface area contributed by atoms with Crippen molar-refractivity contribution in [2.24, 2.45) is 13.0 Å². The van der Waals surface area contributed by atoms with Crippen LogP contribution in [-0.2, 0) is 11.8 Å². The van der Waals surface area contributed by atoms with Crippen LogP contribution in [0.3, 0.4) is 0 Å². The van der Waals surface area contributed by atoms with Gasteiger partial charge in [0.2, 0.25) is 5.91 Å². The minimum atomic E-state index is -0.201. The molecule has 0 aliphatic heterocycles. The van der Waals surface area contributed by atoms with Crippen molar-refractivity contribution in [3.8, 4) is 0 Å². The van der Waals surface area contributed by atoms with E-state index in [0.29, 0.717) is 5.69 Å². The molecule has 17 heavy (non-hydrogen) atoms. The summed E-state index contributed by atoms with van der Waals surface area (Å²) in [6.07, 6.45) is 7.14. The predicted octanol–water partition coefficient (Wildman–Crippen LogP) is 2.05. The average Bonchev–Trinajstić information content (AvgIpc) is 2.78. The zero-order chi connectivity index (χ0) is 12.4. The minimum absolute atomic E-state index is 0.0429. The molecular formula is C12H13BrN2O2. The second-order valence-electron chi connectivity index (χ2n) is 4.12. The lowest BCUT2D eigenvalue weighted by molar-refractivity contribution is -0.119. The van der Waals surface area contributed by atoms with Crippen molar-refractivity contribution in [1.29, 1.82) is 0 Å². The summed E-state index contributed by atoms with van der Waals surface area (Å²) in [6, 6.07) is 1.63. The van der Waals surface area contributed by atoms with E-state index in [1.807, 2.05) is 12.2 Å². The molecule has 0 saturated heterocycles. The lowest BCUT2D eigenvalue weighted by Crippen LogP contribution is -2.27. The molecule has 0 atom stereocenters. The predicted molar refractivity (Wildman–Crippen MR) is 69.9 cm³/mol. The van der Waals surface area contributed by atoms with Gasteiger partial charge in [-0.05, 0) is 34.8 Å². The molecule has 0 fully saturated rings. The van der Waals surface area contributed by atoms with E-state index in [0.717, 1.165) is 17.3 Å². The highest BCUT2D eigenvalue weighted by molar-refractivity contribution is 9.10. The zero-order valence-electron chi connectivity index (χ0n) is 9.44. The van der Waals surface area contributed by atoms with Gasteiger partial charge in [-0.3, -0.25) is 9.59 Å². The van der Waals surface area contributed by atoms with E-state index in [2.05, 4.69) is 21.2 Å². The molecule has 0 bridgehead atoms. The van der Waals surface area contributed by atoms with Crippen LogP contribution < -0.4 is 10.9 Å². The van der Waals surface area contributed by atoms with Gasteiger partial charge >= 0.3 is 0 Å². The number of amides is 1. The highest BCUT2D eigenvalue weighted by Gasteiger charge is 2.20. The summed E-state index contributed by atoms with van der Waals surface area (Å²) in [4.78, 5) is 23.7. The van der Waals surface area contributed by atoms with Gasteiger partial charge in [0.25, 0.3) is 5.56 Å². The standard InChI is InChI=1S/C12H13BrN2O2/c1-15-7-9(13)6-10(12(15)17)14-11(16)8-4-2-3-5-8/h2-3,6-8H,4-5H2,1H3,(H,14,16). The molecule has 2 rings (SSSR count). The lowest BCUT2D eigenvalue weighted by atomic mass is 10.1. The number of pyridine rings is 1. The topological polar surface area (TPSA) is 51.1 Å². The number of nitrogens with one attached hydrogen (secondary N) is 1. The number of nitrogens with zero attached hydrogens (tertiary/aromatic N) is 1. The van der Waals surface area contributed by atoms with Gasteiger partial charge in [0.05, 0.1) is 0 Å². The van der Waals surface area contributed by atoms with Crippen LogP contribution in [0.5, 0.6) is 0 Å². The maximum atomic E-state index is 11.9. The van der Waals surface area contributed by atoms with Crippen LogP contribution in [0.1, 0.15) is 12.8 Å². The van der Waals surface area contributed by atoms with Crippen LogP contribution >= 0.6 is 15.9 Å². The number of hydrogen-bond acceptors (Lipinski definition) is 2. The van der Waals surface area contributed by atoms with Crippen molar-refractivity contribution in [2.75, 3.05) is 5.32 Å². The summed E-state index contributed by atoms with van der Waals surface area (Å²) >= 11 is 3.30. The van der Waals surface area contributed by atoms with Gasteiger partial charge in [0, 0.05) is 23.6 Å². The number of allylic oxidation sites excluding steroid dienone is 2. The average molecular weight is 297 g/mol. The summed E-state index contributed by atoms with van der Waals surface area (Å²) in [5.74, 6) is -0.135. The Morgan fingerprint density at radius 1 is 1.47 bits per heavy atom. The van der Waals surface area contributed by atoms with Gasteiger partial charge in [-0.15, -0.1) is 0 Å². The molecule has 4 nitrogen and oxygen atoms in total. The maximum Gasteiger partial charge on any atom is 0.274 e. The molecule has 0 spiro atoms. The Morgan fingerprint density at radius 2 is 2.12 bits per heavy atom. The molecule has 1 N–H and O–H groups in total. The van der Waals surface area contributed by atoms with E-state index in [-0.39, 0.29) is 17.4 Å². The molecule has 90 valence electrons. The number of carbonyl (C=O) groups is 1. The highest BCUT2D eigenvalue weighted by Crippen LogP contribution is 2.20. The van der Waals surface area contributed by atoms with Gasteiger partial charge in [-0.25, -0.2) is 0 Å². The molecule has 1 amide bonds. The number of hydrogen-bond donors (Lipinski definition) is 1. The SMILES string of the molecule is Cn1cc(Br)cc(NC(=O)C2CC=CC2)c1=O. The normalized spacial score (nSPS) is 15.2. The highest BCUT2D eigenvalue weighted by atomic mass is 79.9. The molecule has 1 heterocycles. The van der Waals surface area contributed by atoms with Gasteiger partial charge < -0.3 is 9.88 Å². The molecule has 1 aromatic rings. The van der Waals surface area contributed by atoms with Gasteiger partial charge in [0.15, 0.2) is 0 Å². The number of anilines is 1. The van der Waals surface area contributed by atoms with Crippen molar-refractivity contribution in [3.63, 3.8) is 0 Å². The first-order valence-corrected chi connectivity index (χ1v) is 6.19. The summed E-state index contributed by atoms with van der Waals surface area (Å²) in [5.41, 5.74) is 0.117. The Labute approximate surface area is 107 Å².